The summed E-state index contributed by atoms with van der Waals surface area (Å²) in [5, 5.41) is 2.65. The van der Waals surface area contributed by atoms with Crippen molar-refractivity contribution in [1.29, 1.82) is 0 Å². The SMILES string of the molecule is c1ccc(-c2nc(-c3ccc(-c4ccc(-c5ccc6c7c(cccc57)-c5ccccc5-6)cc4)cc3)cc(-c3ccc(-c4cccnc4)cc3)n2)cc1. The van der Waals surface area contributed by atoms with E-state index in [1.165, 1.54) is 49.7 Å². The lowest BCUT2D eigenvalue weighted by atomic mass is 9.93. The van der Waals surface area contributed by atoms with E-state index in [0.29, 0.717) is 5.82 Å². The lowest BCUT2D eigenvalue weighted by Crippen LogP contribution is -1.96. The average Bonchev–Trinajstić information content (AvgIpc) is 3.56. The van der Waals surface area contributed by atoms with Gasteiger partial charge < -0.3 is 0 Å². The van der Waals surface area contributed by atoms with E-state index in [1.807, 2.05) is 30.5 Å². The van der Waals surface area contributed by atoms with Crippen LogP contribution in [-0.4, -0.2) is 15.0 Å². The molecule has 242 valence electrons. The van der Waals surface area contributed by atoms with Crippen LogP contribution in [0.3, 0.4) is 0 Å². The third-order valence-corrected chi connectivity index (χ3v) is 10.2. The fraction of sp³-hybridized carbons (Fsp3) is 0. The number of fused-ring (bicyclic) bond motifs is 3. The fourth-order valence-electron chi connectivity index (χ4n) is 7.56. The van der Waals surface area contributed by atoms with Crippen molar-refractivity contribution >= 4 is 10.8 Å². The maximum absolute atomic E-state index is 5.05. The summed E-state index contributed by atoms with van der Waals surface area (Å²) >= 11 is 0. The lowest BCUT2D eigenvalue weighted by molar-refractivity contribution is 1.18. The number of pyridine rings is 1. The van der Waals surface area contributed by atoms with Gasteiger partial charge in [0.1, 0.15) is 0 Å². The summed E-state index contributed by atoms with van der Waals surface area (Å²) in [7, 11) is 0. The van der Waals surface area contributed by atoms with Gasteiger partial charge >= 0.3 is 0 Å². The lowest BCUT2D eigenvalue weighted by Gasteiger charge is -2.12. The van der Waals surface area contributed by atoms with E-state index in [4.69, 9.17) is 9.97 Å². The quantitative estimate of drug-likeness (QED) is 0.178. The van der Waals surface area contributed by atoms with Gasteiger partial charge in [0, 0.05) is 29.1 Å². The Bertz CT molecular complexity index is 2710. The molecule has 3 heteroatoms. The molecule has 3 nitrogen and oxygen atoms in total. The predicted octanol–water partition coefficient (Wildman–Crippen LogP) is 12.7. The molecule has 0 N–H and O–H groups in total. The number of nitrogens with zero attached hydrogens (tertiary/aromatic N) is 3. The maximum atomic E-state index is 5.05. The summed E-state index contributed by atoms with van der Waals surface area (Å²) in [5.74, 6) is 0.705. The Labute approximate surface area is 302 Å². The van der Waals surface area contributed by atoms with Crippen molar-refractivity contribution in [1.82, 2.24) is 15.0 Å². The van der Waals surface area contributed by atoms with Crippen LogP contribution in [0, 0.1) is 0 Å². The molecule has 7 aromatic carbocycles. The minimum absolute atomic E-state index is 0.705. The van der Waals surface area contributed by atoms with Gasteiger partial charge in [0.05, 0.1) is 11.4 Å². The van der Waals surface area contributed by atoms with Crippen molar-refractivity contribution in [3.63, 3.8) is 0 Å². The molecule has 0 unspecified atom stereocenters. The van der Waals surface area contributed by atoms with E-state index in [-0.39, 0.29) is 0 Å². The van der Waals surface area contributed by atoms with Gasteiger partial charge in [0.25, 0.3) is 0 Å². The topological polar surface area (TPSA) is 38.7 Å². The van der Waals surface area contributed by atoms with E-state index >= 15 is 0 Å². The molecule has 0 saturated heterocycles. The third kappa shape index (κ3) is 5.19. The van der Waals surface area contributed by atoms with Gasteiger partial charge in [-0.1, -0.05) is 164 Å². The molecular formula is C49H31N3. The summed E-state index contributed by atoms with van der Waals surface area (Å²) in [6, 6.07) is 62.5. The largest absolute Gasteiger partial charge is 0.264 e. The molecule has 2 heterocycles. The fourth-order valence-corrected chi connectivity index (χ4v) is 7.56. The highest BCUT2D eigenvalue weighted by atomic mass is 14.9. The molecule has 1 aliphatic carbocycles. The van der Waals surface area contributed by atoms with Gasteiger partial charge in [-0.05, 0) is 78.5 Å². The molecule has 0 saturated carbocycles. The Balaban J connectivity index is 0.966. The minimum Gasteiger partial charge on any atom is -0.264 e. The normalized spacial score (nSPS) is 11.5. The standard InChI is InChI=1S/C49H31N3/c1-2-8-38(9-3-1)49-51-46(30-47(52-49)37-25-19-34(20-26-37)39-10-7-29-50-31-39)36-23-17-33(18-24-36)32-15-21-35(22-16-32)40-27-28-45-42-12-5-4-11-41(42)44-14-6-13-43(40)48(44)45/h1-31H. The molecule has 0 atom stereocenters. The van der Waals surface area contributed by atoms with E-state index in [0.717, 1.165) is 44.8 Å². The van der Waals surface area contributed by atoms with Gasteiger partial charge in [-0.25, -0.2) is 9.97 Å². The highest BCUT2D eigenvalue weighted by Crippen LogP contribution is 2.49. The Morgan fingerprint density at radius 3 is 1.42 bits per heavy atom. The number of aromatic nitrogens is 3. The first-order chi connectivity index (χ1) is 25.8. The Hall–Kier alpha value is -6.97. The Morgan fingerprint density at radius 1 is 0.308 bits per heavy atom. The second kappa shape index (κ2) is 12.4. The zero-order valence-corrected chi connectivity index (χ0v) is 28.2. The highest BCUT2D eigenvalue weighted by Gasteiger charge is 2.22. The van der Waals surface area contributed by atoms with Crippen molar-refractivity contribution in [2.75, 3.05) is 0 Å². The zero-order chi connectivity index (χ0) is 34.4. The van der Waals surface area contributed by atoms with E-state index < -0.39 is 0 Å². The van der Waals surface area contributed by atoms with Crippen molar-refractivity contribution < 1.29 is 0 Å². The molecule has 0 fully saturated rings. The van der Waals surface area contributed by atoms with Crippen LogP contribution in [0.1, 0.15) is 0 Å². The molecule has 1 aliphatic rings. The van der Waals surface area contributed by atoms with Crippen LogP contribution in [0.5, 0.6) is 0 Å². The highest BCUT2D eigenvalue weighted by molar-refractivity contribution is 6.18. The molecule has 9 aromatic rings. The number of benzene rings is 7. The monoisotopic (exact) mass is 661 g/mol. The first kappa shape index (κ1) is 29.9. The van der Waals surface area contributed by atoms with Crippen LogP contribution in [-0.2, 0) is 0 Å². The minimum atomic E-state index is 0.705. The van der Waals surface area contributed by atoms with Crippen LogP contribution in [0.25, 0.3) is 100 Å². The van der Waals surface area contributed by atoms with Crippen LogP contribution in [0.4, 0.5) is 0 Å². The molecule has 0 amide bonds. The van der Waals surface area contributed by atoms with Crippen molar-refractivity contribution in [2.45, 2.75) is 0 Å². The van der Waals surface area contributed by atoms with Gasteiger partial charge in [-0.2, -0.15) is 0 Å². The smallest absolute Gasteiger partial charge is 0.160 e. The Kier molecular flexibility index (Phi) is 7.14. The summed E-state index contributed by atoms with van der Waals surface area (Å²) in [5.41, 5.74) is 17.2. The molecule has 10 rings (SSSR count). The van der Waals surface area contributed by atoms with Crippen molar-refractivity contribution in [3.05, 3.63) is 188 Å². The second-order valence-electron chi connectivity index (χ2n) is 13.2. The van der Waals surface area contributed by atoms with Crippen LogP contribution < -0.4 is 0 Å². The number of hydrogen-bond acceptors (Lipinski definition) is 3. The third-order valence-electron chi connectivity index (χ3n) is 10.2. The summed E-state index contributed by atoms with van der Waals surface area (Å²) in [6.45, 7) is 0. The number of hydrogen-bond donors (Lipinski definition) is 0. The van der Waals surface area contributed by atoms with E-state index in [9.17, 15) is 0 Å². The average molecular weight is 662 g/mol. The van der Waals surface area contributed by atoms with Gasteiger partial charge in [0.2, 0.25) is 0 Å². The molecule has 2 aromatic heterocycles. The van der Waals surface area contributed by atoms with Gasteiger partial charge in [-0.15, -0.1) is 0 Å². The van der Waals surface area contributed by atoms with Crippen molar-refractivity contribution in [2.24, 2.45) is 0 Å². The Morgan fingerprint density at radius 2 is 0.808 bits per heavy atom. The van der Waals surface area contributed by atoms with E-state index in [1.54, 1.807) is 6.20 Å². The summed E-state index contributed by atoms with van der Waals surface area (Å²) in [6.07, 6.45) is 3.68. The van der Waals surface area contributed by atoms with Gasteiger partial charge in [0.15, 0.2) is 5.82 Å². The molecule has 0 aliphatic heterocycles. The molecule has 0 spiro atoms. The summed E-state index contributed by atoms with van der Waals surface area (Å²) in [4.78, 5) is 14.3. The maximum Gasteiger partial charge on any atom is 0.160 e. The first-order valence-electron chi connectivity index (χ1n) is 17.6. The molecule has 0 radical (unpaired) electrons. The molecule has 0 bridgehead atoms. The zero-order valence-electron chi connectivity index (χ0n) is 28.2. The second-order valence-corrected chi connectivity index (χ2v) is 13.2. The molecule has 52 heavy (non-hydrogen) atoms. The van der Waals surface area contributed by atoms with Crippen LogP contribution in [0.2, 0.25) is 0 Å². The van der Waals surface area contributed by atoms with Gasteiger partial charge in [-0.3, -0.25) is 4.98 Å². The van der Waals surface area contributed by atoms with Crippen LogP contribution in [0.15, 0.2) is 188 Å². The van der Waals surface area contributed by atoms with Crippen LogP contribution >= 0.6 is 0 Å². The first-order valence-corrected chi connectivity index (χ1v) is 17.6. The van der Waals surface area contributed by atoms with Crippen molar-refractivity contribution in [3.8, 4) is 89.5 Å². The summed E-state index contributed by atoms with van der Waals surface area (Å²) < 4.78 is 0. The molecular weight excluding hydrogens is 631 g/mol. The van der Waals surface area contributed by atoms with E-state index in [2.05, 4.69) is 157 Å². The predicted molar refractivity (Wildman–Crippen MR) is 214 cm³/mol. The number of rotatable bonds is 6.